The maximum atomic E-state index is 11.8. The summed E-state index contributed by atoms with van der Waals surface area (Å²) in [5.41, 5.74) is 1.03. The maximum Gasteiger partial charge on any atom is 0.261 e. The van der Waals surface area contributed by atoms with Gasteiger partial charge in [-0.25, -0.2) is 0 Å². The van der Waals surface area contributed by atoms with E-state index in [2.05, 4.69) is 30.4 Å². The number of amides is 1. The average molecular weight is 274 g/mol. The normalized spacial score (nSPS) is 13.1. The third-order valence-electron chi connectivity index (χ3n) is 2.93. The van der Waals surface area contributed by atoms with Crippen LogP contribution in [0.4, 0.5) is 0 Å². The van der Waals surface area contributed by atoms with Gasteiger partial charge in [-0.05, 0) is 26.5 Å². The van der Waals surface area contributed by atoms with Crippen molar-refractivity contribution in [2.24, 2.45) is 0 Å². The Morgan fingerprint density at radius 2 is 2.10 bits per heavy atom. The van der Waals surface area contributed by atoms with Crippen LogP contribution in [-0.4, -0.2) is 25.1 Å². The van der Waals surface area contributed by atoms with Crippen LogP contribution in [0.3, 0.4) is 0 Å². The van der Waals surface area contributed by atoms with Crippen molar-refractivity contribution in [3.05, 3.63) is 29.8 Å². The van der Waals surface area contributed by atoms with Crippen LogP contribution in [0.2, 0.25) is 0 Å². The van der Waals surface area contributed by atoms with Crippen molar-refractivity contribution in [3.63, 3.8) is 0 Å². The van der Waals surface area contributed by atoms with Gasteiger partial charge in [0, 0.05) is 11.6 Å². The second-order valence-electron chi connectivity index (χ2n) is 4.50. The topological polar surface area (TPSA) is 50.4 Å². The molecule has 108 valence electrons. The van der Waals surface area contributed by atoms with Gasteiger partial charge in [0.25, 0.3) is 5.91 Å². The minimum atomic E-state index is -0.585. The SMILES string of the molecule is C#CCNC(=O)C(C)Oc1ccccc1C(C)NCC. The molecule has 0 spiro atoms. The number of carbonyl (C=O) groups is 1. The molecule has 1 amide bonds. The fourth-order valence-corrected chi connectivity index (χ4v) is 1.89. The Bertz CT molecular complexity index is 480. The summed E-state index contributed by atoms with van der Waals surface area (Å²) in [5, 5.41) is 5.94. The quantitative estimate of drug-likeness (QED) is 0.746. The van der Waals surface area contributed by atoms with Gasteiger partial charge in [0.15, 0.2) is 6.10 Å². The number of hydrogen-bond donors (Lipinski definition) is 2. The molecule has 2 atom stereocenters. The summed E-state index contributed by atoms with van der Waals surface area (Å²) in [6, 6.07) is 7.88. The van der Waals surface area contributed by atoms with Crippen molar-refractivity contribution in [1.29, 1.82) is 0 Å². The Morgan fingerprint density at radius 3 is 2.75 bits per heavy atom. The van der Waals surface area contributed by atoms with E-state index in [0.717, 1.165) is 12.1 Å². The number of ether oxygens (including phenoxy) is 1. The van der Waals surface area contributed by atoms with Crippen LogP contribution < -0.4 is 15.4 Å². The van der Waals surface area contributed by atoms with Crippen molar-refractivity contribution in [3.8, 4) is 18.1 Å². The van der Waals surface area contributed by atoms with Crippen molar-refractivity contribution in [2.75, 3.05) is 13.1 Å². The summed E-state index contributed by atoms with van der Waals surface area (Å²) in [5.74, 6) is 2.86. The van der Waals surface area contributed by atoms with E-state index < -0.39 is 6.10 Å². The van der Waals surface area contributed by atoms with Gasteiger partial charge >= 0.3 is 0 Å². The summed E-state index contributed by atoms with van der Waals surface area (Å²) in [7, 11) is 0. The molecule has 2 unspecified atom stereocenters. The molecule has 20 heavy (non-hydrogen) atoms. The van der Waals surface area contributed by atoms with Gasteiger partial charge in [0.2, 0.25) is 0 Å². The van der Waals surface area contributed by atoms with Crippen LogP contribution in [0.5, 0.6) is 5.75 Å². The van der Waals surface area contributed by atoms with Gasteiger partial charge in [-0.2, -0.15) is 0 Å². The first-order valence-electron chi connectivity index (χ1n) is 6.80. The lowest BCUT2D eigenvalue weighted by Crippen LogP contribution is -2.36. The Balaban J connectivity index is 2.77. The Morgan fingerprint density at radius 1 is 1.40 bits per heavy atom. The first-order chi connectivity index (χ1) is 9.60. The van der Waals surface area contributed by atoms with E-state index in [0.29, 0.717) is 5.75 Å². The molecular formula is C16H22N2O2. The molecule has 1 aromatic rings. The van der Waals surface area contributed by atoms with Crippen LogP contribution in [0.15, 0.2) is 24.3 Å². The van der Waals surface area contributed by atoms with E-state index in [1.54, 1.807) is 6.92 Å². The monoisotopic (exact) mass is 274 g/mol. The molecule has 1 rings (SSSR count). The van der Waals surface area contributed by atoms with Gasteiger partial charge < -0.3 is 15.4 Å². The minimum absolute atomic E-state index is 0.164. The zero-order valence-electron chi connectivity index (χ0n) is 12.3. The van der Waals surface area contributed by atoms with Gasteiger partial charge in [0.1, 0.15) is 5.75 Å². The Labute approximate surface area is 120 Å². The predicted molar refractivity (Wildman–Crippen MR) is 80.5 cm³/mol. The molecule has 0 fully saturated rings. The summed E-state index contributed by atoms with van der Waals surface area (Å²) in [6.45, 7) is 6.90. The lowest BCUT2D eigenvalue weighted by atomic mass is 10.1. The highest BCUT2D eigenvalue weighted by Gasteiger charge is 2.17. The van der Waals surface area contributed by atoms with Crippen LogP contribution >= 0.6 is 0 Å². The van der Waals surface area contributed by atoms with Gasteiger partial charge in [0.05, 0.1) is 6.54 Å². The molecule has 0 saturated carbocycles. The number of carbonyl (C=O) groups excluding carboxylic acids is 1. The Hall–Kier alpha value is -1.99. The molecule has 4 heteroatoms. The largest absolute Gasteiger partial charge is 0.481 e. The van der Waals surface area contributed by atoms with E-state index in [-0.39, 0.29) is 18.5 Å². The number of terminal acetylenes is 1. The van der Waals surface area contributed by atoms with E-state index >= 15 is 0 Å². The summed E-state index contributed by atoms with van der Waals surface area (Å²) in [4.78, 5) is 11.8. The van der Waals surface area contributed by atoms with E-state index in [4.69, 9.17) is 11.2 Å². The Kier molecular flexibility index (Phi) is 6.61. The van der Waals surface area contributed by atoms with Crippen LogP contribution in [0.25, 0.3) is 0 Å². The number of para-hydroxylation sites is 1. The highest BCUT2D eigenvalue weighted by Crippen LogP contribution is 2.25. The fourth-order valence-electron chi connectivity index (χ4n) is 1.89. The average Bonchev–Trinajstić information content (AvgIpc) is 2.45. The van der Waals surface area contributed by atoms with Gasteiger partial charge in [-0.15, -0.1) is 6.42 Å². The third-order valence-corrected chi connectivity index (χ3v) is 2.93. The maximum absolute atomic E-state index is 11.8. The molecule has 0 bridgehead atoms. The van der Waals surface area contributed by atoms with Crippen molar-refractivity contribution in [1.82, 2.24) is 10.6 Å². The number of nitrogens with one attached hydrogen (secondary N) is 2. The predicted octanol–water partition coefficient (Wildman–Crippen LogP) is 1.87. The zero-order chi connectivity index (χ0) is 15.0. The first-order valence-corrected chi connectivity index (χ1v) is 6.80. The second kappa shape index (κ2) is 8.23. The number of hydrogen-bond acceptors (Lipinski definition) is 3. The number of benzene rings is 1. The van der Waals surface area contributed by atoms with E-state index in [9.17, 15) is 4.79 Å². The molecule has 0 radical (unpaired) electrons. The zero-order valence-corrected chi connectivity index (χ0v) is 12.3. The first kappa shape index (κ1) is 16.1. The highest BCUT2D eigenvalue weighted by molar-refractivity contribution is 5.80. The summed E-state index contributed by atoms with van der Waals surface area (Å²) in [6.07, 6.45) is 4.53. The molecule has 0 aliphatic carbocycles. The van der Waals surface area contributed by atoms with Gasteiger partial charge in [-0.1, -0.05) is 31.0 Å². The van der Waals surface area contributed by atoms with Crippen LogP contribution in [-0.2, 0) is 4.79 Å². The third kappa shape index (κ3) is 4.60. The molecule has 1 aromatic carbocycles. The lowest BCUT2D eigenvalue weighted by Gasteiger charge is -2.20. The molecule has 0 saturated heterocycles. The van der Waals surface area contributed by atoms with Crippen LogP contribution in [0.1, 0.15) is 32.4 Å². The van der Waals surface area contributed by atoms with Crippen molar-refractivity contribution < 1.29 is 9.53 Å². The fraction of sp³-hybridized carbons (Fsp3) is 0.438. The molecule has 0 aliphatic heterocycles. The molecule has 0 aliphatic rings. The van der Waals surface area contributed by atoms with E-state index in [1.165, 1.54) is 0 Å². The number of rotatable bonds is 7. The molecular weight excluding hydrogens is 252 g/mol. The van der Waals surface area contributed by atoms with Crippen molar-refractivity contribution in [2.45, 2.75) is 32.9 Å². The van der Waals surface area contributed by atoms with Crippen LogP contribution in [0, 0.1) is 12.3 Å². The van der Waals surface area contributed by atoms with E-state index in [1.807, 2.05) is 24.3 Å². The lowest BCUT2D eigenvalue weighted by molar-refractivity contribution is -0.127. The summed E-state index contributed by atoms with van der Waals surface area (Å²) >= 11 is 0. The minimum Gasteiger partial charge on any atom is -0.481 e. The molecule has 0 aromatic heterocycles. The highest BCUT2D eigenvalue weighted by atomic mass is 16.5. The summed E-state index contributed by atoms with van der Waals surface area (Å²) < 4.78 is 5.75. The van der Waals surface area contributed by atoms with Crippen molar-refractivity contribution >= 4 is 5.91 Å². The molecule has 4 nitrogen and oxygen atoms in total. The molecule has 2 N–H and O–H groups in total. The van der Waals surface area contributed by atoms with Gasteiger partial charge in [-0.3, -0.25) is 4.79 Å². The standard InChI is InChI=1S/C16H22N2O2/c1-5-11-18-16(19)13(4)20-15-10-8-7-9-14(15)12(3)17-6-2/h1,7-10,12-13,17H,6,11H2,2-4H3,(H,18,19). The molecule has 0 heterocycles. The smallest absolute Gasteiger partial charge is 0.261 e. The second-order valence-corrected chi connectivity index (χ2v) is 4.50.